The van der Waals surface area contributed by atoms with E-state index in [4.69, 9.17) is 16.3 Å². The SMILES string of the molecule is CO[C@H]1CC[C@@]2(C)[C@@H](CC[C@@H]3[C@@H]2CC[C@]2(C)[C@@H](C(=O)CCl)CC[C@@H]32)C1. The van der Waals surface area contributed by atoms with E-state index in [1.807, 2.05) is 7.11 Å². The molecule has 0 radical (unpaired) electrons. The molecule has 4 aliphatic rings. The molecular formula is C22H35ClO2. The Morgan fingerprint density at radius 1 is 1.00 bits per heavy atom. The van der Waals surface area contributed by atoms with Gasteiger partial charge >= 0.3 is 0 Å². The van der Waals surface area contributed by atoms with Gasteiger partial charge in [-0.3, -0.25) is 4.79 Å². The van der Waals surface area contributed by atoms with Gasteiger partial charge in [-0.25, -0.2) is 0 Å². The summed E-state index contributed by atoms with van der Waals surface area (Å²) in [5, 5.41) is 0. The maximum Gasteiger partial charge on any atom is 0.151 e. The second-order valence-electron chi connectivity index (χ2n) is 10.1. The van der Waals surface area contributed by atoms with E-state index in [9.17, 15) is 4.79 Å². The van der Waals surface area contributed by atoms with Crippen LogP contribution in [0.1, 0.15) is 71.6 Å². The molecule has 25 heavy (non-hydrogen) atoms. The highest BCUT2D eigenvalue weighted by atomic mass is 35.5. The molecule has 0 saturated heterocycles. The second-order valence-corrected chi connectivity index (χ2v) is 10.3. The minimum absolute atomic E-state index is 0.208. The molecule has 0 bridgehead atoms. The molecule has 0 aromatic rings. The number of Topliss-reactive ketones (excluding diaryl/α,β-unsaturated/α-hetero) is 1. The van der Waals surface area contributed by atoms with Crippen LogP contribution in [0.25, 0.3) is 0 Å². The van der Waals surface area contributed by atoms with Crippen LogP contribution in [-0.4, -0.2) is 24.9 Å². The Morgan fingerprint density at radius 3 is 2.44 bits per heavy atom. The zero-order valence-corrected chi connectivity index (χ0v) is 17.0. The Labute approximate surface area is 158 Å². The molecule has 0 amide bonds. The van der Waals surface area contributed by atoms with E-state index < -0.39 is 0 Å². The van der Waals surface area contributed by atoms with Crippen molar-refractivity contribution in [3.8, 4) is 0 Å². The first-order chi connectivity index (χ1) is 11.9. The van der Waals surface area contributed by atoms with Crippen molar-refractivity contribution >= 4 is 17.4 Å². The smallest absolute Gasteiger partial charge is 0.151 e. The van der Waals surface area contributed by atoms with E-state index in [0.29, 0.717) is 17.3 Å². The quantitative estimate of drug-likeness (QED) is 0.619. The minimum atomic E-state index is 0.208. The van der Waals surface area contributed by atoms with Gasteiger partial charge in [0, 0.05) is 13.0 Å². The number of fused-ring (bicyclic) bond motifs is 5. The number of carbonyl (C=O) groups excluding carboxylic acids is 1. The zero-order chi connectivity index (χ0) is 17.8. The van der Waals surface area contributed by atoms with Crippen molar-refractivity contribution in [2.24, 2.45) is 40.4 Å². The number of halogens is 1. The predicted molar refractivity (Wildman–Crippen MR) is 102 cm³/mol. The third-order valence-corrected chi connectivity index (χ3v) is 9.73. The molecular weight excluding hydrogens is 332 g/mol. The van der Waals surface area contributed by atoms with E-state index in [-0.39, 0.29) is 17.2 Å². The topological polar surface area (TPSA) is 26.3 Å². The highest BCUT2D eigenvalue weighted by molar-refractivity contribution is 6.28. The van der Waals surface area contributed by atoms with Gasteiger partial charge in [0.2, 0.25) is 0 Å². The number of carbonyl (C=O) groups is 1. The second kappa shape index (κ2) is 6.51. The van der Waals surface area contributed by atoms with Gasteiger partial charge in [0.15, 0.2) is 5.78 Å². The lowest BCUT2D eigenvalue weighted by Crippen LogP contribution is -2.54. The van der Waals surface area contributed by atoms with Crippen molar-refractivity contribution in [2.75, 3.05) is 13.0 Å². The van der Waals surface area contributed by atoms with E-state index in [1.165, 1.54) is 51.4 Å². The monoisotopic (exact) mass is 366 g/mol. The van der Waals surface area contributed by atoms with Gasteiger partial charge in [0.1, 0.15) is 0 Å². The fourth-order valence-corrected chi connectivity index (χ4v) is 8.24. The van der Waals surface area contributed by atoms with Gasteiger partial charge in [-0.2, -0.15) is 0 Å². The summed E-state index contributed by atoms with van der Waals surface area (Å²) < 4.78 is 5.71. The first kappa shape index (κ1) is 18.3. The fraction of sp³-hybridized carbons (Fsp3) is 0.955. The van der Waals surface area contributed by atoms with Crippen LogP contribution in [0.2, 0.25) is 0 Å². The molecule has 0 unspecified atom stereocenters. The van der Waals surface area contributed by atoms with Crippen molar-refractivity contribution in [3.63, 3.8) is 0 Å². The third kappa shape index (κ3) is 2.64. The summed E-state index contributed by atoms with van der Waals surface area (Å²) in [5.74, 6) is 4.05. The Kier molecular flexibility index (Phi) is 4.77. The van der Waals surface area contributed by atoms with E-state index in [1.54, 1.807) is 0 Å². The van der Waals surface area contributed by atoms with E-state index in [2.05, 4.69) is 13.8 Å². The van der Waals surface area contributed by atoms with E-state index >= 15 is 0 Å². The summed E-state index contributed by atoms with van der Waals surface area (Å²) >= 11 is 5.94. The Bertz CT molecular complexity index is 534. The lowest BCUT2D eigenvalue weighted by atomic mass is 9.44. The average Bonchev–Trinajstić information content (AvgIpc) is 2.97. The molecule has 0 aliphatic heterocycles. The molecule has 0 aromatic carbocycles. The molecule has 3 heteroatoms. The number of alkyl halides is 1. The van der Waals surface area contributed by atoms with Gasteiger partial charge in [0.05, 0.1) is 12.0 Å². The standard InChI is InChI=1S/C22H35ClO2/c1-21-10-8-15(25-3)12-14(21)4-5-16-17-6-7-19(20(24)13-23)22(17,2)11-9-18(16)21/h14-19H,4-13H2,1-3H3/t14-,15-,16-,17-,18-,19+,21-,22-/m0/s1. The molecule has 0 heterocycles. The van der Waals surface area contributed by atoms with Crippen LogP contribution in [-0.2, 0) is 9.53 Å². The molecule has 4 rings (SSSR count). The van der Waals surface area contributed by atoms with Gasteiger partial charge in [0.25, 0.3) is 0 Å². The average molecular weight is 367 g/mol. The number of ketones is 1. The van der Waals surface area contributed by atoms with Gasteiger partial charge in [-0.05, 0) is 92.3 Å². The lowest BCUT2D eigenvalue weighted by Gasteiger charge is -2.61. The maximum absolute atomic E-state index is 12.4. The Morgan fingerprint density at radius 2 is 1.72 bits per heavy atom. The van der Waals surface area contributed by atoms with Crippen LogP contribution in [0.15, 0.2) is 0 Å². The van der Waals surface area contributed by atoms with Crippen molar-refractivity contribution in [1.29, 1.82) is 0 Å². The number of rotatable bonds is 3. The largest absolute Gasteiger partial charge is 0.381 e. The van der Waals surface area contributed by atoms with Crippen LogP contribution in [0.3, 0.4) is 0 Å². The predicted octanol–water partition coefficient (Wildman–Crippen LogP) is 5.47. The highest BCUT2D eigenvalue weighted by Crippen LogP contribution is 2.67. The summed E-state index contributed by atoms with van der Waals surface area (Å²) in [6.07, 6.45) is 12.0. The molecule has 4 aliphatic carbocycles. The summed E-state index contributed by atoms with van der Waals surface area (Å²) in [4.78, 5) is 12.4. The molecule has 0 N–H and O–H groups in total. The lowest BCUT2D eigenvalue weighted by molar-refractivity contribution is -0.139. The number of hydrogen-bond donors (Lipinski definition) is 0. The normalized spacial score (nSPS) is 52.2. The van der Waals surface area contributed by atoms with Crippen molar-refractivity contribution in [2.45, 2.75) is 77.7 Å². The van der Waals surface area contributed by atoms with Crippen molar-refractivity contribution in [3.05, 3.63) is 0 Å². The third-order valence-electron chi connectivity index (χ3n) is 9.47. The summed E-state index contributed by atoms with van der Waals surface area (Å²) in [6.45, 7) is 5.02. The molecule has 0 aromatic heterocycles. The van der Waals surface area contributed by atoms with E-state index in [0.717, 1.165) is 30.1 Å². The summed E-state index contributed by atoms with van der Waals surface area (Å²) in [6, 6.07) is 0. The van der Waals surface area contributed by atoms with Crippen LogP contribution >= 0.6 is 11.6 Å². The van der Waals surface area contributed by atoms with Gasteiger partial charge in [-0.1, -0.05) is 13.8 Å². The minimum Gasteiger partial charge on any atom is -0.381 e. The number of hydrogen-bond acceptors (Lipinski definition) is 2. The maximum atomic E-state index is 12.4. The van der Waals surface area contributed by atoms with Crippen LogP contribution < -0.4 is 0 Å². The highest BCUT2D eigenvalue weighted by Gasteiger charge is 2.61. The van der Waals surface area contributed by atoms with Crippen LogP contribution in [0, 0.1) is 40.4 Å². The molecule has 8 atom stereocenters. The first-order valence-corrected chi connectivity index (χ1v) is 11.1. The molecule has 4 fully saturated rings. The Balaban J connectivity index is 1.57. The molecule has 142 valence electrons. The van der Waals surface area contributed by atoms with Crippen molar-refractivity contribution in [1.82, 2.24) is 0 Å². The van der Waals surface area contributed by atoms with Crippen molar-refractivity contribution < 1.29 is 9.53 Å². The van der Waals surface area contributed by atoms with Crippen LogP contribution in [0.5, 0.6) is 0 Å². The molecule has 4 saturated carbocycles. The number of methoxy groups -OCH3 is 1. The Hall–Kier alpha value is -0.0800. The summed E-state index contributed by atoms with van der Waals surface area (Å²) in [5.41, 5.74) is 0.730. The van der Waals surface area contributed by atoms with Crippen LogP contribution in [0.4, 0.5) is 0 Å². The summed E-state index contributed by atoms with van der Waals surface area (Å²) in [7, 11) is 1.89. The zero-order valence-electron chi connectivity index (χ0n) is 16.2. The first-order valence-electron chi connectivity index (χ1n) is 10.6. The molecule has 2 nitrogen and oxygen atoms in total. The van der Waals surface area contributed by atoms with Gasteiger partial charge in [-0.15, -0.1) is 11.6 Å². The fourth-order valence-electron chi connectivity index (χ4n) is 8.05. The number of ether oxygens (including phenoxy) is 1. The molecule has 0 spiro atoms. The van der Waals surface area contributed by atoms with Gasteiger partial charge < -0.3 is 4.74 Å².